The summed E-state index contributed by atoms with van der Waals surface area (Å²) in [6, 6.07) is 18.2. The Hall–Kier alpha value is -2.70. The molecule has 0 bridgehead atoms. The maximum atomic E-state index is 12.2. The van der Waals surface area contributed by atoms with Gasteiger partial charge in [-0.05, 0) is 23.6 Å². The van der Waals surface area contributed by atoms with Gasteiger partial charge < -0.3 is 10.6 Å². The summed E-state index contributed by atoms with van der Waals surface area (Å²) in [7, 11) is 0. The van der Waals surface area contributed by atoms with Crippen molar-refractivity contribution in [3.8, 4) is 0 Å². The second kappa shape index (κ2) is 10.7. The summed E-state index contributed by atoms with van der Waals surface area (Å²) in [5.41, 5.74) is 3.21. The number of benzene rings is 2. The SMILES string of the molecule is CCc1ccccc1NC(=O)CNC(=O)CN1CCN(Cc2ccccc2)CC1. The summed E-state index contributed by atoms with van der Waals surface area (Å²) in [5, 5.41) is 5.61. The quantitative estimate of drug-likeness (QED) is 0.720. The zero-order chi connectivity index (χ0) is 20.5. The van der Waals surface area contributed by atoms with Gasteiger partial charge in [0.25, 0.3) is 0 Å². The summed E-state index contributed by atoms with van der Waals surface area (Å²) < 4.78 is 0. The molecule has 2 N–H and O–H groups in total. The lowest BCUT2D eigenvalue weighted by Crippen LogP contribution is -2.49. The second-order valence-corrected chi connectivity index (χ2v) is 7.37. The molecule has 0 spiro atoms. The molecule has 1 saturated heterocycles. The van der Waals surface area contributed by atoms with E-state index in [0.29, 0.717) is 6.54 Å². The minimum Gasteiger partial charge on any atom is -0.346 e. The maximum absolute atomic E-state index is 12.2. The largest absolute Gasteiger partial charge is 0.346 e. The van der Waals surface area contributed by atoms with Crippen LogP contribution in [0.25, 0.3) is 0 Å². The number of aryl methyl sites for hydroxylation is 1. The van der Waals surface area contributed by atoms with Gasteiger partial charge in [-0.3, -0.25) is 19.4 Å². The molecule has 1 aliphatic heterocycles. The number of amides is 2. The fourth-order valence-electron chi connectivity index (χ4n) is 3.53. The average Bonchev–Trinajstić information content (AvgIpc) is 2.75. The first-order chi connectivity index (χ1) is 14.1. The van der Waals surface area contributed by atoms with E-state index in [9.17, 15) is 9.59 Å². The number of nitrogens with one attached hydrogen (secondary N) is 2. The van der Waals surface area contributed by atoms with Gasteiger partial charge in [0, 0.05) is 38.4 Å². The van der Waals surface area contributed by atoms with E-state index in [2.05, 4.69) is 44.7 Å². The normalized spacial score (nSPS) is 15.1. The zero-order valence-corrected chi connectivity index (χ0v) is 17.1. The molecular weight excluding hydrogens is 364 g/mol. The Morgan fingerprint density at radius 3 is 2.24 bits per heavy atom. The molecule has 0 unspecified atom stereocenters. The highest BCUT2D eigenvalue weighted by Crippen LogP contribution is 2.15. The smallest absolute Gasteiger partial charge is 0.243 e. The minimum atomic E-state index is -0.202. The van der Waals surface area contributed by atoms with Crippen molar-refractivity contribution in [2.24, 2.45) is 0 Å². The molecule has 2 aromatic carbocycles. The first-order valence-corrected chi connectivity index (χ1v) is 10.3. The monoisotopic (exact) mass is 394 g/mol. The number of piperazine rings is 1. The van der Waals surface area contributed by atoms with Crippen molar-refractivity contribution in [1.82, 2.24) is 15.1 Å². The molecule has 2 amide bonds. The van der Waals surface area contributed by atoms with Gasteiger partial charge >= 0.3 is 0 Å². The molecule has 0 radical (unpaired) electrons. The lowest BCUT2D eigenvalue weighted by atomic mass is 10.1. The molecule has 29 heavy (non-hydrogen) atoms. The topological polar surface area (TPSA) is 64.7 Å². The summed E-state index contributed by atoms with van der Waals surface area (Å²) in [5.74, 6) is -0.313. The second-order valence-electron chi connectivity index (χ2n) is 7.37. The van der Waals surface area contributed by atoms with Crippen LogP contribution in [0.5, 0.6) is 0 Å². The van der Waals surface area contributed by atoms with Crippen molar-refractivity contribution in [1.29, 1.82) is 0 Å². The van der Waals surface area contributed by atoms with Gasteiger partial charge in [0.1, 0.15) is 0 Å². The Kier molecular flexibility index (Phi) is 7.78. The number of carbonyl (C=O) groups is 2. The van der Waals surface area contributed by atoms with Crippen LogP contribution in [0.4, 0.5) is 5.69 Å². The van der Waals surface area contributed by atoms with Crippen LogP contribution in [0.2, 0.25) is 0 Å². The lowest BCUT2D eigenvalue weighted by molar-refractivity contribution is -0.125. The van der Waals surface area contributed by atoms with E-state index in [0.717, 1.165) is 50.4 Å². The molecule has 0 aliphatic carbocycles. The highest BCUT2D eigenvalue weighted by molar-refractivity contribution is 5.95. The van der Waals surface area contributed by atoms with Crippen LogP contribution in [0.1, 0.15) is 18.1 Å². The van der Waals surface area contributed by atoms with E-state index in [4.69, 9.17) is 0 Å². The molecule has 0 saturated carbocycles. The molecule has 2 aromatic rings. The van der Waals surface area contributed by atoms with E-state index >= 15 is 0 Å². The fourth-order valence-corrected chi connectivity index (χ4v) is 3.53. The lowest BCUT2D eigenvalue weighted by Gasteiger charge is -2.34. The number of rotatable bonds is 8. The Morgan fingerprint density at radius 2 is 1.52 bits per heavy atom. The van der Waals surface area contributed by atoms with Crippen molar-refractivity contribution >= 4 is 17.5 Å². The third kappa shape index (κ3) is 6.69. The number of nitrogens with zero attached hydrogens (tertiary/aromatic N) is 2. The molecule has 6 heteroatoms. The average molecular weight is 395 g/mol. The molecule has 1 heterocycles. The molecule has 6 nitrogen and oxygen atoms in total. The zero-order valence-electron chi connectivity index (χ0n) is 17.1. The maximum Gasteiger partial charge on any atom is 0.243 e. The van der Waals surface area contributed by atoms with Gasteiger partial charge in [-0.15, -0.1) is 0 Å². The number of hydrogen-bond acceptors (Lipinski definition) is 4. The summed E-state index contributed by atoms with van der Waals surface area (Å²) >= 11 is 0. The van der Waals surface area contributed by atoms with Crippen molar-refractivity contribution < 1.29 is 9.59 Å². The summed E-state index contributed by atoms with van der Waals surface area (Å²) in [6.07, 6.45) is 0.846. The van der Waals surface area contributed by atoms with E-state index in [-0.39, 0.29) is 18.4 Å². The highest BCUT2D eigenvalue weighted by Gasteiger charge is 2.19. The Labute approximate surface area is 172 Å². The van der Waals surface area contributed by atoms with Gasteiger partial charge in [0.05, 0.1) is 13.1 Å². The molecule has 1 fully saturated rings. The van der Waals surface area contributed by atoms with Crippen molar-refractivity contribution in [2.75, 3.05) is 44.6 Å². The first-order valence-electron chi connectivity index (χ1n) is 10.3. The van der Waals surface area contributed by atoms with Gasteiger partial charge in [-0.2, -0.15) is 0 Å². The van der Waals surface area contributed by atoms with E-state index in [1.807, 2.05) is 37.3 Å². The highest BCUT2D eigenvalue weighted by atomic mass is 16.2. The predicted octanol–water partition coefficient (Wildman–Crippen LogP) is 2.12. The van der Waals surface area contributed by atoms with Crippen LogP contribution in [0.15, 0.2) is 54.6 Å². The molecule has 1 aliphatic rings. The number of hydrogen-bond donors (Lipinski definition) is 2. The van der Waals surface area contributed by atoms with E-state index in [1.165, 1.54) is 5.56 Å². The fraction of sp³-hybridized carbons (Fsp3) is 0.391. The summed E-state index contributed by atoms with van der Waals surface area (Å²) in [4.78, 5) is 28.9. The van der Waals surface area contributed by atoms with Crippen molar-refractivity contribution in [3.05, 3.63) is 65.7 Å². The number of para-hydroxylation sites is 1. The van der Waals surface area contributed by atoms with Gasteiger partial charge in [-0.1, -0.05) is 55.5 Å². The van der Waals surface area contributed by atoms with Crippen molar-refractivity contribution in [2.45, 2.75) is 19.9 Å². The minimum absolute atomic E-state index is 0.00907. The van der Waals surface area contributed by atoms with E-state index in [1.54, 1.807) is 0 Å². The van der Waals surface area contributed by atoms with Gasteiger partial charge in [0.15, 0.2) is 0 Å². The molecule has 154 valence electrons. The van der Waals surface area contributed by atoms with Gasteiger partial charge in [0.2, 0.25) is 11.8 Å². The predicted molar refractivity (Wildman–Crippen MR) is 116 cm³/mol. The van der Waals surface area contributed by atoms with Crippen LogP contribution in [-0.4, -0.2) is 60.9 Å². The van der Waals surface area contributed by atoms with Crippen LogP contribution in [0.3, 0.4) is 0 Å². The Morgan fingerprint density at radius 1 is 0.862 bits per heavy atom. The van der Waals surface area contributed by atoms with Crippen LogP contribution >= 0.6 is 0 Å². The number of anilines is 1. The third-order valence-corrected chi connectivity index (χ3v) is 5.20. The Balaban J connectivity index is 1.35. The van der Waals surface area contributed by atoms with Crippen molar-refractivity contribution in [3.63, 3.8) is 0 Å². The van der Waals surface area contributed by atoms with Crippen LogP contribution < -0.4 is 10.6 Å². The molecular formula is C23H30N4O2. The van der Waals surface area contributed by atoms with E-state index < -0.39 is 0 Å². The molecule has 3 rings (SSSR count). The first kappa shape index (κ1) is 21.0. The van der Waals surface area contributed by atoms with Gasteiger partial charge in [-0.25, -0.2) is 0 Å². The molecule has 0 atom stereocenters. The standard InChI is InChI=1S/C23H30N4O2/c1-2-20-10-6-7-11-21(20)25-22(28)16-24-23(29)18-27-14-12-26(13-15-27)17-19-8-4-3-5-9-19/h3-11H,2,12-18H2,1H3,(H,24,29)(H,25,28). The summed E-state index contributed by atoms with van der Waals surface area (Å²) in [6.45, 7) is 6.91. The third-order valence-electron chi connectivity index (χ3n) is 5.20. The van der Waals surface area contributed by atoms with Crippen LogP contribution in [-0.2, 0) is 22.6 Å². The number of carbonyl (C=O) groups excluding carboxylic acids is 2. The molecule has 0 aromatic heterocycles. The Bertz CT molecular complexity index is 802. The van der Waals surface area contributed by atoms with Crippen LogP contribution in [0, 0.1) is 0 Å².